The van der Waals surface area contributed by atoms with Crippen LogP contribution in [0.5, 0.6) is 0 Å². The van der Waals surface area contributed by atoms with Crippen molar-refractivity contribution in [3.63, 3.8) is 0 Å². The van der Waals surface area contributed by atoms with Gasteiger partial charge < -0.3 is 10.1 Å². The number of methoxy groups -OCH3 is 1. The molecule has 0 saturated heterocycles. The van der Waals surface area contributed by atoms with E-state index in [1.54, 1.807) is 25.7 Å². The van der Waals surface area contributed by atoms with Crippen molar-refractivity contribution in [3.8, 4) is 0 Å². The third kappa shape index (κ3) is 3.25. The van der Waals surface area contributed by atoms with Crippen LogP contribution in [0.3, 0.4) is 0 Å². The third-order valence-corrected chi connectivity index (χ3v) is 2.40. The molecular weight excluding hydrogens is 190 g/mol. The van der Waals surface area contributed by atoms with Crippen molar-refractivity contribution in [3.05, 3.63) is 24.3 Å². The summed E-state index contributed by atoms with van der Waals surface area (Å²) in [7, 11) is 1.73. The molecule has 0 saturated carbocycles. The van der Waals surface area contributed by atoms with Crippen molar-refractivity contribution in [1.82, 2.24) is 15.3 Å². The minimum atomic E-state index is 0.124. The molecule has 2 atom stereocenters. The summed E-state index contributed by atoms with van der Waals surface area (Å²) in [4.78, 5) is 8.39. The number of nitrogens with one attached hydrogen (secondary N) is 1. The van der Waals surface area contributed by atoms with E-state index in [4.69, 9.17) is 4.74 Å². The lowest BCUT2D eigenvalue weighted by Crippen LogP contribution is -2.33. The number of rotatable bonds is 6. The molecule has 15 heavy (non-hydrogen) atoms. The maximum Gasteiger partial charge on any atom is 0.0782 e. The fourth-order valence-electron chi connectivity index (χ4n) is 1.66. The van der Waals surface area contributed by atoms with Crippen molar-refractivity contribution in [2.24, 2.45) is 0 Å². The second kappa shape index (κ2) is 6.48. The maximum absolute atomic E-state index is 5.44. The number of hydrogen-bond donors (Lipinski definition) is 1. The normalized spacial score (nSPS) is 14.9. The van der Waals surface area contributed by atoms with Gasteiger partial charge in [0.25, 0.3) is 0 Å². The van der Waals surface area contributed by atoms with Gasteiger partial charge in [-0.1, -0.05) is 13.8 Å². The average molecular weight is 209 g/mol. The predicted molar refractivity (Wildman–Crippen MR) is 59.5 cm³/mol. The second-order valence-corrected chi connectivity index (χ2v) is 3.35. The van der Waals surface area contributed by atoms with E-state index < -0.39 is 0 Å². The standard InChI is InChI=1S/C11H19N3O/c1-4-10(15-3)11(13-5-2)9-8-12-6-7-14-9/h6-8,10-11,13H,4-5H2,1-3H3. The smallest absolute Gasteiger partial charge is 0.0782 e. The number of ether oxygens (including phenoxy) is 1. The van der Waals surface area contributed by atoms with Crippen LogP contribution >= 0.6 is 0 Å². The van der Waals surface area contributed by atoms with E-state index in [-0.39, 0.29) is 12.1 Å². The molecule has 2 unspecified atom stereocenters. The highest BCUT2D eigenvalue weighted by Gasteiger charge is 2.21. The summed E-state index contributed by atoms with van der Waals surface area (Å²) < 4.78 is 5.44. The van der Waals surface area contributed by atoms with Gasteiger partial charge in [-0.25, -0.2) is 0 Å². The molecule has 4 nitrogen and oxygen atoms in total. The van der Waals surface area contributed by atoms with Crippen molar-refractivity contribution >= 4 is 0 Å². The molecule has 0 fully saturated rings. The summed E-state index contributed by atoms with van der Waals surface area (Å²) >= 11 is 0. The van der Waals surface area contributed by atoms with Gasteiger partial charge in [-0.3, -0.25) is 9.97 Å². The first-order chi connectivity index (χ1) is 7.33. The van der Waals surface area contributed by atoms with Gasteiger partial charge in [-0.15, -0.1) is 0 Å². The highest BCUT2D eigenvalue weighted by molar-refractivity contribution is 5.04. The Balaban J connectivity index is 2.81. The van der Waals surface area contributed by atoms with Crippen LogP contribution in [0.4, 0.5) is 0 Å². The number of nitrogens with zero attached hydrogens (tertiary/aromatic N) is 2. The molecule has 0 radical (unpaired) electrons. The van der Waals surface area contributed by atoms with E-state index >= 15 is 0 Å². The van der Waals surface area contributed by atoms with Crippen LogP contribution in [0, 0.1) is 0 Å². The molecule has 4 heteroatoms. The minimum Gasteiger partial charge on any atom is -0.379 e. The Labute approximate surface area is 91.1 Å². The maximum atomic E-state index is 5.44. The van der Waals surface area contributed by atoms with E-state index in [1.165, 1.54) is 0 Å². The zero-order valence-electron chi connectivity index (χ0n) is 9.60. The second-order valence-electron chi connectivity index (χ2n) is 3.35. The summed E-state index contributed by atoms with van der Waals surface area (Å²) in [5.41, 5.74) is 0.938. The van der Waals surface area contributed by atoms with Crippen molar-refractivity contribution in [2.75, 3.05) is 13.7 Å². The summed E-state index contributed by atoms with van der Waals surface area (Å²) in [6.45, 7) is 5.07. The molecule has 0 aliphatic heterocycles. The van der Waals surface area contributed by atoms with Crippen LogP contribution in [-0.2, 0) is 4.74 Å². The number of hydrogen-bond acceptors (Lipinski definition) is 4. The Morgan fingerprint density at radius 1 is 1.40 bits per heavy atom. The van der Waals surface area contributed by atoms with E-state index in [0.717, 1.165) is 18.7 Å². The van der Waals surface area contributed by atoms with E-state index in [9.17, 15) is 0 Å². The fourth-order valence-corrected chi connectivity index (χ4v) is 1.66. The average Bonchev–Trinajstić information content (AvgIpc) is 2.30. The van der Waals surface area contributed by atoms with Crippen LogP contribution in [-0.4, -0.2) is 29.7 Å². The fraction of sp³-hybridized carbons (Fsp3) is 0.636. The quantitative estimate of drug-likeness (QED) is 0.772. The molecule has 1 rings (SSSR count). The molecule has 84 valence electrons. The van der Waals surface area contributed by atoms with Crippen molar-refractivity contribution in [1.29, 1.82) is 0 Å². The van der Waals surface area contributed by atoms with Crippen LogP contribution in [0.1, 0.15) is 32.0 Å². The summed E-state index contributed by atoms with van der Waals surface area (Å²) in [6.07, 6.45) is 6.27. The number of aromatic nitrogens is 2. The van der Waals surface area contributed by atoms with Gasteiger partial charge in [0.2, 0.25) is 0 Å². The summed E-state index contributed by atoms with van der Waals surface area (Å²) in [5.74, 6) is 0. The molecule has 0 bridgehead atoms. The van der Waals surface area contributed by atoms with E-state index in [2.05, 4.69) is 29.1 Å². The molecule has 0 aliphatic carbocycles. The monoisotopic (exact) mass is 209 g/mol. The van der Waals surface area contributed by atoms with Gasteiger partial charge >= 0.3 is 0 Å². The van der Waals surface area contributed by atoms with E-state index in [1.807, 2.05) is 0 Å². The molecule has 1 heterocycles. The van der Waals surface area contributed by atoms with Gasteiger partial charge in [0, 0.05) is 19.5 Å². The predicted octanol–water partition coefficient (Wildman–Crippen LogP) is 1.55. The zero-order chi connectivity index (χ0) is 11.1. The summed E-state index contributed by atoms with van der Waals surface area (Å²) in [6, 6.07) is 0.124. The lowest BCUT2D eigenvalue weighted by molar-refractivity contribution is 0.0641. The first kappa shape index (κ1) is 12.1. The van der Waals surface area contributed by atoms with Crippen LogP contribution in [0.2, 0.25) is 0 Å². The highest BCUT2D eigenvalue weighted by atomic mass is 16.5. The molecular formula is C11H19N3O. The molecule has 1 aromatic heterocycles. The minimum absolute atomic E-state index is 0.124. The SMILES string of the molecule is CCNC(c1cnccn1)C(CC)OC. The first-order valence-electron chi connectivity index (χ1n) is 5.35. The Bertz CT molecular complexity index is 262. The zero-order valence-corrected chi connectivity index (χ0v) is 9.60. The highest BCUT2D eigenvalue weighted by Crippen LogP contribution is 2.18. The molecule has 0 aliphatic rings. The Morgan fingerprint density at radius 3 is 2.67 bits per heavy atom. The van der Waals surface area contributed by atoms with Crippen LogP contribution in [0.15, 0.2) is 18.6 Å². The van der Waals surface area contributed by atoms with Crippen LogP contribution in [0.25, 0.3) is 0 Å². The molecule has 0 aromatic carbocycles. The van der Waals surface area contributed by atoms with Gasteiger partial charge in [-0.2, -0.15) is 0 Å². The van der Waals surface area contributed by atoms with Gasteiger partial charge in [0.15, 0.2) is 0 Å². The molecule has 0 amide bonds. The lowest BCUT2D eigenvalue weighted by atomic mass is 10.1. The number of likely N-dealkylation sites (N-methyl/N-ethyl adjacent to an activating group) is 1. The van der Waals surface area contributed by atoms with Gasteiger partial charge in [0.05, 0.1) is 24.0 Å². The Kier molecular flexibility index (Phi) is 5.21. The molecule has 0 spiro atoms. The lowest BCUT2D eigenvalue weighted by Gasteiger charge is -2.24. The van der Waals surface area contributed by atoms with Crippen molar-refractivity contribution < 1.29 is 4.74 Å². The Morgan fingerprint density at radius 2 is 2.20 bits per heavy atom. The van der Waals surface area contributed by atoms with E-state index in [0.29, 0.717) is 0 Å². The molecule has 1 aromatic rings. The molecule has 1 N–H and O–H groups in total. The Hall–Kier alpha value is -1.00. The third-order valence-electron chi connectivity index (χ3n) is 2.40. The first-order valence-corrected chi connectivity index (χ1v) is 5.35. The van der Waals surface area contributed by atoms with Crippen molar-refractivity contribution in [2.45, 2.75) is 32.4 Å². The topological polar surface area (TPSA) is 47.0 Å². The summed E-state index contributed by atoms with van der Waals surface area (Å²) in [5, 5.41) is 3.37. The largest absolute Gasteiger partial charge is 0.379 e. The van der Waals surface area contributed by atoms with Gasteiger partial charge in [-0.05, 0) is 13.0 Å². The van der Waals surface area contributed by atoms with Gasteiger partial charge in [0.1, 0.15) is 0 Å². The van der Waals surface area contributed by atoms with Crippen LogP contribution < -0.4 is 5.32 Å².